The molecule has 0 aromatic heterocycles. The third-order valence-corrected chi connectivity index (χ3v) is 5.42. The first-order valence-electron chi connectivity index (χ1n) is 10.5. The summed E-state index contributed by atoms with van der Waals surface area (Å²) in [7, 11) is 1.51. The number of ether oxygens (including phenoxy) is 3. The summed E-state index contributed by atoms with van der Waals surface area (Å²) in [6.07, 6.45) is 1.49. The average Bonchev–Trinajstić information content (AvgIpc) is 2.85. The van der Waals surface area contributed by atoms with Crippen LogP contribution in [0.3, 0.4) is 0 Å². The lowest BCUT2D eigenvalue weighted by molar-refractivity contribution is -0.118. The minimum Gasteiger partial charge on any atom is -0.493 e. The Morgan fingerprint density at radius 1 is 1.00 bits per heavy atom. The maximum Gasteiger partial charge on any atom is 0.271 e. The number of hydrogen-bond donors (Lipinski definition) is 2. The Morgan fingerprint density at radius 2 is 1.74 bits per heavy atom. The van der Waals surface area contributed by atoms with Gasteiger partial charge in [0.1, 0.15) is 5.75 Å². The van der Waals surface area contributed by atoms with Crippen LogP contribution in [0.1, 0.15) is 22.8 Å². The molecule has 0 aliphatic carbocycles. The smallest absolute Gasteiger partial charge is 0.271 e. The second kappa shape index (κ2) is 12.8. The minimum absolute atomic E-state index is 0.170. The van der Waals surface area contributed by atoms with Gasteiger partial charge in [0.15, 0.2) is 18.1 Å². The molecule has 0 aliphatic heterocycles. The van der Waals surface area contributed by atoms with Crippen molar-refractivity contribution < 1.29 is 23.8 Å². The van der Waals surface area contributed by atoms with Crippen molar-refractivity contribution in [3.63, 3.8) is 0 Å². The average molecular weight is 561 g/mol. The first kappa shape index (κ1) is 26.1. The van der Waals surface area contributed by atoms with E-state index < -0.39 is 5.91 Å². The molecule has 0 spiro atoms. The fourth-order valence-electron chi connectivity index (χ4n) is 2.90. The Kier molecular flexibility index (Phi) is 9.51. The molecule has 0 heterocycles. The van der Waals surface area contributed by atoms with Crippen LogP contribution in [0.5, 0.6) is 17.2 Å². The van der Waals surface area contributed by atoms with Gasteiger partial charge in [-0.15, -0.1) is 0 Å². The Morgan fingerprint density at radius 3 is 2.43 bits per heavy atom. The van der Waals surface area contributed by atoms with Gasteiger partial charge in [0.05, 0.1) is 24.4 Å². The molecule has 2 amide bonds. The molecule has 0 unspecified atom stereocenters. The van der Waals surface area contributed by atoms with E-state index in [0.29, 0.717) is 50.2 Å². The Hall–Kier alpha value is -3.56. The summed E-state index contributed by atoms with van der Waals surface area (Å²) >= 11 is 9.26. The van der Waals surface area contributed by atoms with Crippen LogP contribution in [0.2, 0.25) is 5.02 Å². The number of rotatable bonds is 10. The van der Waals surface area contributed by atoms with Crippen molar-refractivity contribution in [3.8, 4) is 17.2 Å². The van der Waals surface area contributed by atoms with Crippen molar-refractivity contribution in [2.75, 3.05) is 25.6 Å². The first-order valence-corrected chi connectivity index (χ1v) is 11.7. The molecule has 3 aromatic carbocycles. The van der Waals surface area contributed by atoms with E-state index in [1.54, 1.807) is 60.7 Å². The zero-order valence-electron chi connectivity index (χ0n) is 19.0. The highest BCUT2D eigenvalue weighted by Crippen LogP contribution is 2.28. The van der Waals surface area contributed by atoms with Gasteiger partial charge in [-0.25, -0.2) is 5.43 Å². The fraction of sp³-hybridized carbons (Fsp3) is 0.160. The molecule has 3 rings (SSSR count). The zero-order chi connectivity index (χ0) is 25.2. The van der Waals surface area contributed by atoms with Gasteiger partial charge in [-0.05, 0) is 89.1 Å². The van der Waals surface area contributed by atoms with Crippen molar-refractivity contribution in [3.05, 3.63) is 81.3 Å². The molecule has 3 aromatic rings. The van der Waals surface area contributed by atoms with Crippen molar-refractivity contribution in [2.24, 2.45) is 5.10 Å². The van der Waals surface area contributed by atoms with Crippen molar-refractivity contribution in [1.82, 2.24) is 5.43 Å². The normalized spacial score (nSPS) is 10.6. The third kappa shape index (κ3) is 7.73. The summed E-state index contributed by atoms with van der Waals surface area (Å²) in [5, 5.41) is 7.31. The van der Waals surface area contributed by atoms with Gasteiger partial charge >= 0.3 is 0 Å². The molecule has 2 N–H and O–H groups in total. The number of carbonyl (C=O) groups is 2. The first-order chi connectivity index (χ1) is 16.9. The number of carbonyl (C=O) groups excluding carboxylic acids is 2. The Labute approximate surface area is 216 Å². The third-order valence-electron chi connectivity index (χ3n) is 4.55. The summed E-state index contributed by atoms with van der Waals surface area (Å²) in [6, 6.07) is 16.9. The molecule has 8 nitrogen and oxygen atoms in total. The van der Waals surface area contributed by atoms with Crippen LogP contribution in [-0.2, 0) is 4.79 Å². The van der Waals surface area contributed by atoms with Crippen LogP contribution in [0.25, 0.3) is 0 Å². The summed E-state index contributed by atoms with van der Waals surface area (Å²) in [5.74, 6) is 0.806. The zero-order valence-corrected chi connectivity index (χ0v) is 21.4. The van der Waals surface area contributed by atoms with E-state index in [1.165, 1.54) is 13.3 Å². The van der Waals surface area contributed by atoms with Gasteiger partial charge in [0.25, 0.3) is 11.8 Å². The van der Waals surface area contributed by atoms with E-state index in [2.05, 4.69) is 31.8 Å². The van der Waals surface area contributed by atoms with E-state index in [0.717, 1.165) is 0 Å². The Bertz CT molecular complexity index is 1220. The number of amides is 2. The van der Waals surface area contributed by atoms with Gasteiger partial charge < -0.3 is 19.5 Å². The van der Waals surface area contributed by atoms with Crippen molar-refractivity contribution >= 4 is 51.2 Å². The number of methoxy groups -OCH3 is 1. The topological polar surface area (TPSA) is 98.3 Å². The standard InChI is InChI=1S/C25H23BrClN3O5/c1-3-34-22-11-5-17(13-23(22)33-2)25(32)30-28-14-16-4-10-21(20(26)12-16)35-15-24(31)29-19-8-6-18(27)7-9-19/h4-14H,3,15H2,1-2H3,(H,29,31)(H,30,32)/b28-14+. The highest BCUT2D eigenvalue weighted by atomic mass is 79.9. The number of nitrogens with one attached hydrogen (secondary N) is 2. The van der Waals surface area contributed by atoms with E-state index in [1.807, 2.05) is 6.92 Å². The highest BCUT2D eigenvalue weighted by Gasteiger charge is 2.11. The van der Waals surface area contributed by atoms with Gasteiger partial charge in [-0.2, -0.15) is 5.10 Å². The van der Waals surface area contributed by atoms with Gasteiger partial charge in [-0.1, -0.05) is 11.6 Å². The van der Waals surface area contributed by atoms with Crippen LogP contribution in [0.15, 0.2) is 70.2 Å². The molecular weight excluding hydrogens is 538 g/mol. The van der Waals surface area contributed by atoms with Gasteiger partial charge in [0, 0.05) is 16.3 Å². The number of hydrogen-bond acceptors (Lipinski definition) is 6. The summed E-state index contributed by atoms with van der Waals surface area (Å²) in [4.78, 5) is 24.5. The van der Waals surface area contributed by atoms with Crippen LogP contribution >= 0.6 is 27.5 Å². The van der Waals surface area contributed by atoms with Gasteiger partial charge in [-0.3, -0.25) is 9.59 Å². The molecule has 0 radical (unpaired) electrons. The molecule has 0 saturated heterocycles. The van der Waals surface area contributed by atoms with Crippen molar-refractivity contribution in [2.45, 2.75) is 6.92 Å². The molecule has 0 fully saturated rings. The number of nitrogens with zero attached hydrogens (tertiary/aromatic N) is 1. The summed E-state index contributed by atoms with van der Waals surface area (Å²) in [5.41, 5.74) is 4.19. The lowest BCUT2D eigenvalue weighted by Crippen LogP contribution is -2.20. The number of halogens is 2. The molecule has 0 bridgehead atoms. The maximum atomic E-state index is 12.4. The molecule has 0 aliphatic rings. The summed E-state index contributed by atoms with van der Waals surface area (Å²) < 4.78 is 16.9. The molecular formula is C25H23BrClN3O5. The molecule has 182 valence electrons. The second-order valence-corrected chi connectivity index (χ2v) is 8.32. The van der Waals surface area contributed by atoms with E-state index in [4.69, 9.17) is 25.8 Å². The maximum absolute atomic E-state index is 12.4. The van der Waals surface area contributed by atoms with Crippen LogP contribution in [-0.4, -0.2) is 38.4 Å². The number of hydrazone groups is 1. The van der Waals surface area contributed by atoms with E-state index in [9.17, 15) is 9.59 Å². The molecule has 35 heavy (non-hydrogen) atoms. The van der Waals surface area contributed by atoms with Crippen LogP contribution in [0, 0.1) is 0 Å². The fourth-order valence-corrected chi connectivity index (χ4v) is 3.54. The molecule has 10 heteroatoms. The quantitative estimate of drug-likeness (QED) is 0.259. The SMILES string of the molecule is CCOc1ccc(C(=O)N/N=C/c2ccc(OCC(=O)Nc3ccc(Cl)cc3)c(Br)c2)cc1OC. The second-order valence-electron chi connectivity index (χ2n) is 7.03. The highest BCUT2D eigenvalue weighted by molar-refractivity contribution is 9.10. The molecule has 0 atom stereocenters. The lowest BCUT2D eigenvalue weighted by atomic mass is 10.2. The molecule has 0 saturated carbocycles. The minimum atomic E-state index is -0.395. The number of benzene rings is 3. The van der Waals surface area contributed by atoms with E-state index >= 15 is 0 Å². The number of anilines is 1. The van der Waals surface area contributed by atoms with Crippen LogP contribution < -0.4 is 25.0 Å². The van der Waals surface area contributed by atoms with Crippen molar-refractivity contribution in [1.29, 1.82) is 0 Å². The predicted molar refractivity (Wildman–Crippen MR) is 139 cm³/mol. The van der Waals surface area contributed by atoms with Gasteiger partial charge in [0.2, 0.25) is 0 Å². The van der Waals surface area contributed by atoms with E-state index in [-0.39, 0.29) is 12.5 Å². The Balaban J connectivity index is 1.53. The monoisotopic (exact) mass is 559 g/mol. The summed E-state index contributed by atoms with van der Waals surface area (Å²) in [6.45, 7) is 2.18. The largest absolute Gasteiger partial charge is 0.493 e. The van der Waals surface area contributed by atoms with Crippen LogP contribution in [0.4, 0.5) is 5.69 Å². The lowest BCUT2D eigenvalue weighted by Gasteiger charge is -2.10. The predicted octanol–water partition coefficient (Wildman–Crippen LogP) is 5.29.